The number of rotatable bonds is 1. The molecule has 0 radical (unpaired) electrons. The van der Waals surface area contributed by atoms with Crippen LogP contribution in [0.3, 0.4) is 0 Å². The van der Waals surface area contributed by atoms with Gasteiger partial charge in [-0.05, 0) is 29.3 Å². The van der Waals surface area contributed by atoms with Crippen molar-refractivity contribution in [1.29, 1.82) is 5.26 Å². The van der Waals surface area contributed by atoms with Crippen molar-refractivity contribution in [1.82, 2.24) is 9.78 Å². The molecule has 0 saturated heterocycles. The van der Waals surface area contributed by atoms with Gasteiger partial charge >= 0.3 is 0 Å². The van der Waals surface area contributed by atoms with E-state index in [0.717, 1.165) is 41.1 Å². The third-order valence-electron chi connectivity index (χ3n) is 4.07. The van der Waals surface area contributed by atoms with Gasteiger partial charge in [-0.2, -0.15) is 10.4 Å². The summed E-state index contributed by atoms with van der Waals surface area (Å²) in [5.41, 5.74) is 4.46. The minimum Gasteiger partial charge on any atom is -0.493 e. The molecular weight excluding hydrogens is 286 g/mol. The molecule has 0 N–H and O–H groups in total. The van der Waals surface area contributed by atoms with Crippen molar-refractivity contribution in [2.24, 2.45) is 0 Å². The number of hydrogen-bond donors (Lipinski definition) is 0. The van der Waals surface area contributed by atoms with Crippen molar-refractivity contribution in [2.45, 2.75) is 13.0 Å². The minimum atomic E-state index is 0.616. The summed E-state index contributed by atoms with van der Waals surface area (Å²) in [6.45, 7) is 1.42. The highest BCUT2D eigenvalue weighted by molar-refractivity contribution is 5.80. The molecule has 0 bridgehead atoms. The summed E-state index contributed by atoms with van der Waals surface area (Å²) in [6.07, 6.45) is 2.67. The molecule has 4 rings (SSSR count). The molecule has 4 heteroatoms. The van der Waals surface area contributed by atoms with Gasteiger partial charge in [-0.3, -0.25) is 4.68 Å². The van der Waals surface area contributed by atoms with Crippen LogP contribution in [-0.4, -0.2) is 16.4 Å². The Balaban J connectivity index is 1.96. The quantitative estimate of drug-likeness (QED) is 0.685. The van der Waals surface area contributed by atoms with E-state index in [4.69, 9.17) is 4.74 Å². The molecular formula is C19H15N3O. The lowest BCUT2D eigenvalue weighted by Crippen LogP contribution is -2.12. The second kappa shape index (κ2) is 5.62. The molecule has 4 nitrogen and oxygen atoms in total. The number of aryl methyl sites for hydroxylation is 1. The van der Waals surface area contributed by atoms with Gasteiger partial charge in [-0.25, -0.2) is 0 Å². The highest BCUT2D eigenvalue weighted by atomic mass is 16.5. The molecule has 0 fully saturated rings. The standard InChI is InChI=1S/C19H15N3O/c20-13-16-11-15(14-5-2-1-3-6-14)12-18-19(16)17-7-8-21-22(17)9-4-10-23-18/h1-3,5-8,11-12H,4,9-10H2. The maximum absolute atomic E-state index is 9.65. The number of nitriles is 1. The van der Waals surface area contributed by atoms with E-state index < -0.39 is 0 Å². The van der Waals surface area contributed by atoms with Crippen LogP contribution in [0.2, 0.25) is 0 Å². The Hall–Kier alpha value is -3.06. The second-order valence-electron chi connectivity index (χ2n) is 5.52. The molecule has 1 aliphatic heterocycles. The Morgan fingerprint density at radius 2 is 1.96 bits per heavy atom. The van der Waals surface area contributed by atoms with Crippen molar-refractivity contribution in [3.8, 4) is 34.2 Å². The number of aromatic nitrogens is 2. The number of ether oxygens (including phenoxy) is 1. The average Bonchev–Trinajstić information content (AvgIpc) is 3.04. The third-order valence-corrected chi connectivity index (χ3v) is 4.07. The Kier molecular flexibility index (Phi) is 3.32. The summed E-state index contributed by atoms with van der Waals surface area (Å²) < 4.78 is 7.92. The Morgan fingerprint density at radius 1 is 1.09 bits per heavy atom. The molecule has 3 aromatic rings. The van der Waals surface area contributed by atoms with E-state index in [1.165, 1.54) is 0 Å². The SMILES string of the molecule is N#Cc1cc(-c2ccccc2)cc2c1-c1ccnn1CCCO2. The first-order valence-corrected chi connectivity index (χ1v) is 7.65. The minimum absolute atomic E-state index is 0.616. The van der Waals surface area contributed by atoms with E-state index in [9.17, 15) is 5.26 Å². The number of benzene rings is 2. The summed E-state index contributed by atoms with van der Waals surface area (Å²) >= 11 is 0. The maximum Gasteiger partial charge on any atom is 0.130 e. The molecule has 1 aromatic heterocycles. The summed E-state index contributed by atoms with van der Waals surface area (Å²) in [7, 11) is 0. The zero-order valence-corrected chi connectivity index (χ0v) is 12.6. The van der Waals surface area contributed by atoms with E-state index in [0.29, 0.717) is 12.2 Å². The molecule has 23 heavy (non-hydrogen) atoms. The van der Waals surface area contributed by atoms with Gasteiger partial charge in [-0.1, -0.05) is 30.3 Å². The number of fused-ring (bicyclic) bond motifs is 3. The lowest BCUT2D eigenvalue weighted by molar-refractivity contribution is 0.295. The second-order valence-corrected chi connectivity index (χ2v) is 5.52. The topological polar surface area (TPSA) is 50.8 Å². The molecule has 1 aliphatic rings. The van der Waals surface area contributed by atoms with Crippen molar-refractivity contribution in [3.63, 3.8) is 0 Å². The van der Waals surface area contributed by atoms with Crippen LogP contribution >= 0.6 is 0 Å². The highest BCUT2D eigenvalue weighted by Crippen LogP contribution is 2.38. The van der Waals surface area contributed by atoms with Gasteiger partial charge in [0.25, 0.3) is 0 Å². The molecule has 0 amide bonds. The number of nitrogens with zero attached hydrogens (tertiary/aromatic N) is 3. The molecule has 0 spiro atoms. The van der Waals surface area contributed by atoms with Gasteiger partial charge in [0.2, 0.25) is 0 Å². The molecule has 2 aromatic carbocycles. The van der Waals surface area contributed by atoms with Crippen molar-refractivity contribution in [2.75, 3.05) is 6.61 Å². The van der Waals surface area contributed by atoms with Gasteiger partial charge in [0.05, 0.1) is 29.5 Å². The van der Waals surface area contributed by atoms with Crippen molar-refractivity contribution in [3.05, 3.63) is 60.3 Å². The zero-order chi connectivity index (χ0) is 15.6. The van der Waals surface area contributed by atoms with E-state index in [2.05, 4.69) is 11.2 Å². The first kappa shape index (κ1) is 13.6. The summed E-state index contributed by atoms with van der Waals surface area (Å²) in [6, 6.07) is 18.3. The fourth-order valence-corrected chi connectivity index (χ4v) is 3.00. The van der Waals surface area contributed by atoms with Crippen LogP contribution in [0.25, 0.3) is 22.4 Å². The van der Waals surface area contributed by atoms with Crippen LogP contribution in [-0.2, 0) is 6.54 Å². The molecule has 0 unspecified atom stereocenters. The predicted molar refractivity (Wildman–Crippen MR) is 87.9 cm³/mol. The summed E-state index contributed by atoms with van der Waals surface area (Å²) in [5.74, 6) is 0.754. The smallest absolute Gasteiger partial charge is 0.130 e. The van der Waals surface area contributed by atoms with Gasteiger partial charge in [-0.15, -0.1) is 0 Å². The van der Waals surface area contributed by atoms with Crippen molar-refractivity contribution >= 4 is 0 Å². The molecule has 0 atom stereocenters. The summed E-state index contributed by atoms with van der Waals surface area (Å²) in [4.78, 5) is 0. The van der Waals surface area contributed by atoms with Crippen LogP contribution < -0.4 is 4.74 Å². The molecule has 0 aliphatic carbocycles. The van der Waals surface area contributed by atoms with E-state index >= 15 is 0 Å². The Morgan fingerprint density at radius 3 is 2.78 bits per heavy atom. The zero-order valence-electron chi connectivity index (χ0n) is 12.6. The van der Waals surface area contributed by atoms with E-state index in [1.54, 1.807) is 6.20 Å². The van der Waals surface area contributed by atoms with Crippen LogP contribution in [0.5, 0.6) is 5.75 Å². The number of hydrogen-bond acceptors (Lipinski definition) is 3. The fourth-order valence-electron chi connectivity index (χ4n) is 3.00. The Bertz CT molecular complexity index is 891. The monoisotopic (exact) mass is 301 g/mol. The fraction of sp³-hybridized carbons (Fsp3) is 0.158. The highest BCUT2D eigenvalue weighted by Gasteiger charge is 2.20. The average molecular weight is 301 g/mol. The van der Waals surface area contributed by atoms with Gasteiger partial charge < -0.3 is 4.74 Å². The van der Waals surface area contributed by atoms with Crippen LogP contribution in [0, 0.1) is 11.3 Å². The van der Waals surface area contributed by atoms with Crippen LogP contribution in [0.1, 0.15) is 12.0 Å². The van der Waals surface area contributed by atoms with E-state index in [-0.39, 0.29) is 0 Å². The largest absolute Gasteiger partial charge is 0.493 e. The van der Waals surface area contributed by atoms with Crippen molar-refractivity contribution < 1.29 is 4.74 Å². The van der Waals surface area contributed by atoms with Crippen LogP contribution in [0.15, 0.2) is 54.7 Å². The normalized spacial score (nSPS) is 13.0. The van der Waals surface area contributed by atoms with Gasteiger partial charge in [0, 0.05) is 19.2 Å². The maximum atomic E-state index is 9.65. The van der Waals surface area contributed by atoms with Gasteiger partial charge in [0.15, 0.2) is 0 Å². The lowest BCUT2D eigenvalue weighted by Gasteiger charge is -2.19. The Labute approximate surface area is 134 Å². The summed E-state index contributed by atoms with van der Waals surface area (Å²) in [5, 5.41) is 14.0. The van der Waals surface area contributed by atoms with Gasteiger partial charge in [0.1, 0.15) is 5.75 Å². The molecule has 2 heterocycles. The lowest BCUT2D eigenvalue weighted by atomic mass is 9.96. The van der Waals surface area contributed by atoms with E-state index in [1.807, 2.05) is 53.2 Å². The molecule has 112 valence electrons. The predicted octanol–water partition coefficient (Wildman–Crippen LogP) is 3.87. The molecule has 0 saturated carbocycles. The van der Waals surface area contributed by atoms with Crippen LogP contribution in [0.4, 0.5) is 0 Å². The first-order valence-electron chi connectivity index (χ1n) is 7.65. The third kappa shape index (κ3) is 2.36. The first-order chi connectivity index (χ1) is 11.4.